The first-order valence-electron chi connectivity index (χ1n) is 12.0. The molecule has 3 unspecified atom stereocenters. The highest BCUT2D eigenvalue weighted by molar-refractivity contribution is 14.1. The molecule has 3 aliphatic rings. The van der Waals surface area contributed by atoms with Gasteiger partial charge in [0.1, 0.15) is 17.1 Å². The van der Waals surface area contributed by atoms with E-state index >= 15 is 0 Å². The Morgan fingerprint density at radius 1 is 1.21 bits per heavy atom. The number of rotatable bonds is 4. The highest BCUT2D eigenvalue weighted by Gasteiger charge is 2.63. The molecule has 0 heterocycles. The Kier molecular flexibility index (Phi) is 6.89. The van der Waals surface area contributed by atoms with Crippen molar-refractivity contribution in [2.24, 2.45) is 17.6 Å². The third-order valence-corrected chi connectivity index (χ3v) is 10.8. The van der Waals surface area contributed by atoms with Crippen LogP contribution in [0.4, 0.5) is 5.69 Å². The molecule has 0 saturated carbocycles. The van der Waals surface area contributed by atoms with Gasteiger partial charge in [-0.15, -0.1) is 0 Å². The number of carbonyl (C=O) groups excluding carboxylic acids is 3. The molecule has 212 valence electrons. The zero-order valence-corrected chi connectivity index (χ0v) is 24.8. The number of carbonyl (C=O) groups is 3. The van der Waals surface area contributed by atoms with E-state index in [4.69, 9.17) is 5.73 Å². The number of allylic oxidation sites excluding steroid dienone is 1. The second-order valence-corrected chi connectivity index (χ2v) is 14.9. The molecule has 4 rings (SSSR count). The number of aliphatic hydroxyl groups excluding tert-OH is 2. The molecule has 39 heavy (non-hydrogen) atoms. The summed E-state index contributed by atoms with van der Waals surface area (Å²) in [4.78, 5) is 40.7. The largest absolute Gasteiger partial charge is 0.510 e. The normalized spacial score (nSPS) is 27.3. The quantitative estimate of drug-likeness (QED) is 0.153. The van der Waals surface area contributed by atoms with Gasteiger partial charge in [-0.3, -0.25) is 24.0 Å². The first-order chi connectivity index (χ1) is 17.8. The summed E-state index contributed by atoms with van der Waals surface area (Å²) in [5.74, 6) is -7.68. The van der Waals surface area contributed by atoms with Gasteiger partial charge in [0.2, 0.25) is 15.8 Å². The van der Waals surface area contributed by atoms with Crippen LogP contribution in [0.25, 0.3) is 0 Å². The number of nitrogens with two attached hydrogens (primary N) is 1. The number of nitrogens with one attached hydrogen (secondary N) is 1. The molecule has 1 amide bonds. The number of sulfonamides is 1. The molecule has 0 aliphatic heterocycles. The van der Waals surface area contributed by atoms with Crippen molar-refractivity contribution in [2.45, 2.75) is 50.0 Å². The van der Waals surface area contributed by atoms with Crippen LogP contribution in [0.5, 0.6) is 5.75 Å². The average Bonchev–Trinajstić information content (AvgIpc) is 2.78. The van der Waals surface area contributed by atoms with E-state index in [0.29, 0.717) is 9.13 Å². The van der Waals surface area contributed by atoms with Crippen LogP contribution >= 0.6 is 22.6 Å². The number of aromatic hydroxyl groups is 1. The number of amides is 1. The minimum absolute atomic E-state index is 0.0407. The fourth-order valence-electron chi connectivity index (χ4n) is 5.65. The maximum atomic E-state index is 13.8. The van der Waals surface area contributed by atoms with Crippen molar-refractivity contribution in [3.63, 3.8) is 0 Å². The van der Waals surface area contributed by atoms with Crippen LogP contribution < -0.4 is 10.5 Å². The van der Waals surface area contributed by atoms with Crippen LogP contribution in [0.2, 0.25) is 0 Å². The number of Topliss-reactive ketones (excluding diaryl/α,β-unsaturated/α-hetero) is 2. The van der Waals surface area contributed by atoms with Crippen molar-refractivity contribution in [2.75, 3.05) is 18.8 Å². The number of nitrogens with zero attached hydrogens (tertiary/aromatic N) is 1. The van der Waals surface area contributed by atoms with E-state index in [0.717, 1.165) is 0 Å². The number of halogens is 1. The van der Waals surface area contributed by atoms with Gasteiger partial charge >= 0.3 is 0 Å². The lowest BCUT2D eigenvalue weighted by molar-refractivity contribution is -0.148. The SMILES string of the molecule is CN(C)[C@@H]1C(O)=C(C(N)=O)C(=O)C2(O)C(O)=C3C(=O)c4c(O)c(NS(=O)(=O)C(C)(C)C)cc(I)c4CC3CC12. The van der Waals surface area contributed by atoms with Gasteiger partial charge in [0.25, 0.3) is 5.91 Å². The number of phenols is 1. The third kappa shape index (κ3) is 4.14. The van der Waals surface area contributed by atoms with E-state index in [9.17, 15) is 43.2 Å². The summed E-state index contributed by atoms with van der Waals surface area (Å²) in [6, 6.07) is 0.316. The van der Waals surface area contributed by atoms with Crippen molar-refractivity contribution in [3.8, 4) is 5.75 Å². The van der Waals surface area contributed by atoms with Crippen molar-refractivity contribution >= 4 is 55.8 Å². The van der Waals surface area contributed by atoms with Gasteiger partial charge in [0, 0.05) is 15.1 Å². The number of likely N-dealkylation sites (N-methyl/N-ethyl adjacent to an activating group) is 1. The second kappa shape index (κ2) is 9.17. The lowest BCUT2D eigenvalue weighted by Gasteiger charge is -2.50. The molecule has 4 atom stereocenters. The number of aliphatic hydroxyl groups is 3. The van der Waals surface area contributed by atoms with Gasteiger partial charge in [-0.2, -0.15) is 0 Å². The van der Waals surface area contributed by atoms with Gasteiger partial charge in [-0.1, -0.05) is 0 Å². The first-order valence-corrected chi connectivity index (χ1v) is 14.5. The van der Waals surface area contributed by atoms with Gasteiger partial charge in [0.05, 0.1) is 22.0 Å². The number of ketones is 2. The van der Waals surface area contributed by atoms with Crippen LogP contribution in [0.1, 0.15) is 43.1 Å². The number of primary amides is 1. The molecule has 14 heteroatoms. The monoisotopic (exact) mass is 675 g/mol. The Morgan fingerprint density at radius 2 is 1.79 bits per heavy atom. The van der Waals surface area contributed by atoms with Gasteiger partial charge in [-0.05, 0) is 87.8 Å². The van der Waals surface area contributed by atoms with Crippen LogP contribution in [0, 0.1) is 15.4 Å². The lowest BCUT2D eigenvalue weighted by atomic mass is 9.58. The van der Waals surface area contributed by atoms with E-state index in [2.05, 4.69) is 4.72 Å². The van der Waals surface area contributed by atoms with Crippen molar-refractivity contribution in [1.82, 2.24) is 4.90 Å². The standard InChI is InChI=1S/C25H30IN3O9S/c1-24(2,3)39(37,38)28-13-8-12(26)10-6-9-7-11-17(29(4)5)20(32)16(23(27)35)22(34)25(11,36)21(33)14(9)19(31)15(10)18(13)30/h8-9,11,17,28,30,32-33,36H,6-7H2,1-5H3,(H2,27,35)/t9?,11?,17-,25?/m0/s1. The molecule has 0 saturated heterocycles. The average molecular weight is 675 g/mol. The number of hydrogen-bond acceptors (Lipinski definition) is 10. The second-order valence-electron chi connectivity index (χ2n) is 11.3. The Morgan fingerprint density at radius 3 is 2.31 bits per heavy atom. The topological polar surface area (TPSA) is 208 Å². The molecule has 0 spiro atoms. The fourth-order valence-corrected chi connectivity index (χ4v) is 7.20. The number of phenolic OH excluding ortho intramolecular Hbond substituents is 1. The van der Waals surface area contributed by atoms with Crippen molar-refractivity contribution in [3.05, 3.63) is 43.4 Å². The summed E-state index contributed by atoms with van der Waals surface area (Å²) in [6.07, 6.45) is 0.0632. The summed E-state index contributed by atoms with van der Waals surface area (Å²) in [7, 11) is -0.883. The third-order valence-electron chi connectivity index (χ3n) is 7.72. The summed E-state index contributed by atoms with van der Waals surface area (Å²) in [5, 5.41) is 44.9. The Bertz CT molecular complexity index is 1510. The minimum Gasteiger partial charge on any atom is -0.510 e. The van der Waals surface area contributed by atoms with Crippen LogP contribution in [0.15, 0.2) is 28.7 Å². The number of hydrogen-bond donors (Lipinski definition) is 6. The van der Waals surface area contributed by atoms with E-state index in [1.165, 1.54) is 31.7 Å². The Hall–Kier alpha value is -2.69. The number of fused-ring (bicyclic) bond motifs is 3. The highest BCUT2D eigenvalue weighted by Crippen LogP contribution is 2.53. The van der Waals surface area contributed by atoms with E-state index in [1.807, 2.05) is 22.6 Å². The Balaban J connectivity index is 1.93. The zero-order valence-electron chi connectivity index (χ0n) is 21.9. The van der Waals surface area contributed by atoms with Gasteiger partial charge in [0.15, 0.2) is 17.1 Å². The van der Waals surface area contributed by atoms with Crippen LogP contribution in [-0.4, -0.2) is 81.7 Å². The summed E-state index contributed by atoms with van der Waals surface area (Å²) < 4.78 is 27.1. The van der Waals surface area contributed by atoms with Crippen molar-refractivity contribution in [1.29, 1.82) is 0 Å². The molecule has 0 fully saturated rings. The molecule has 1 aromatic rings. The molecule has 0 bridgehead atoms. The van der Waals surface area contributed by atoms with E-state index in [1.54, 1.807) is 14.1 Å². The van der Waals surface area contributed by atoms with E-state index in [-0.39, 0.29) is 29.7 Å². The van der Waals surface area contributed by atoms with Crippen LogP contribution in [0.3, 0.4) is 0 Å². The first kappa shape index (κ1) is 29.3. The molecule has 0 aromatic heterocycles. The molecule has 1 aromatic carbocycles. The predicted octanol–water partition coefficient (Wildman–Crippen LogP) is 1.27. The lowest BCUT2D eigenvalue weighted by Crippen LogP contribution is -2.63. The number of benzene rings is 1. The smallest absolute Gasteiger partial charge is 0.255 e. The summed E-state index contributed by atoms with van der Waals surface area (Å²) in [5.41, 5.74) is 1.27. The molecule has 0 radical (unpaired) electrons. The Labute approximate surface area is 238 Å². The molecule has 3 aliphatic carbocycles. The molecule has 12 nitrogen and oxygen atoms in total. The summed E-state index contributed by atoms with van der Waals surface area (Å²) in [6.45, 7) is 4.38. The molecular weight excluding hydrogens is 645 g/mol. The van der Waals surface area contributed by atoms with Gasteiger partial charge in [-0.25, -0.2) is 8.42 Å². The van der Waals surface area contributed by atoms with Gasteiger partial charge < -0.3 is 26.2 Å². The number of anilines is 1. The molecule has 7 N–H and O–H groups in total. The highest BCUT2D eigenvalue weighted by atomic mass is 127. The fraction of sp³-hybridized carbons (Fsp3) is 0.480. The maximum absolute atomic E-state index is 13.8. The molecular formula is C25H30IN3O9S. The zero-order chi connectivity index (χ0) is 29.6. The minimum atomic E-state index is -3.98. The summed E-state index contributed by atoms with van der Waals surface area (Å²) >= 11 is 1.92. The van der Waals surface area contributed by atoms with E-state index < -0.39 is 78.6 Å². The maximum Gasteiger partial charge on any atom is 0.255 e. The van der Waals surface area contributed by atoms with Crippen molar-refractivity contribution < 1.29 is 43.2 Å². The predicted molar refractivity (Wildman–Crippen MR) is 149 cm³/mol. The van der Waals surface area contributed by atoms with Crippen LogP contribution in [-0.2, 0) is 26.0 Å².